The topological polar surface area (TPSA) is 110 Å². The number of carbonyl (C=O) groups excluding carboxylic acids is 2. The number of rotatable bonds is 6. The summed E-state index contributed by atoms with van der Waals surface area (Å²) >= 11 is 6.21. The summed E-state index contributed by atoms with van der Waals surface area (Å²) in [5.41, 5.74) is 4.47. The van der Waals surface area contributed by atoms with Crippen molar-refractivity contribution in [2.75, 3.05) is 14.2 Å². The molecule has 10 heteroatoms. The van der Waals surface area contributed by atoms with Crippen molar-refractivity contribution in [3.05, 3.63) is 81.8 Å². The number of Topliss-reactive ketones (excluding diaryl/α,β-unsaturated/α-hetero) is 1. The average Bonchev–Trinajstić information content (AvgIpc) is 3.45. The Morgan fingerprint density at radius 3 is 2.47 bits per heavy atom. The Morgan fingerprint density at radius 1 is 1.13 bits per heavy atom. The SMILES string of the molecule is COc1ncc(-c2cc3c(n2C(C)C)C(c2ccc(C#N)cc2)N(C2=CCC(=O)C(Cl)=C2)C3=O)c(OC)n1. The molecule has 0 saturated carbocycles. The minimum absolute atomic E-state index is 0.0600. The van der Waals surface area contributed by atoms with Crippen LogP contribution in [-0.4, -0.2) is 45.3 Å². The number of amides is 1. The predicted octanol–water partition coefficient (Wildman–Crippen LogP) is 4.94. The fraction of sp³-hybridized carbons (Fsp3) is 0.250. The van der Waals surface area contributed by atoms with Gasteiger partial charge in [-0.1, -0.05) is 29.8 Å². The zero-order chi connectivity index (χ0) is 27.1. The van der Waals surface area contributed by atoms with Gasteiger partial charge in [-0.05, 0) is 43.7 Å². The number of ether oxygens (including phenoxy) is 2. The molecule has 5 rings (SSSR count). The van der Waals surface area contributed by atoms with Gasteiger partial charge in [-0.25, -0.2) is 4.98 Å². The van der Waals surface area contributed by atoms with Gasteiger partial charge in [0.1, 0.15) is 6.04 Å². The van der Waals surface area contributed by atoms with E-state index in [9.17, 15) is 14.9 Å². The highest BCUT2D eigenvalue weighted by Crippen LogP contribution is 2.47. The molecule has 0 bridgehead atoms. The van der Waals surface area contributed by atoms with Gasteiger partial charge in [-0.2, -0.15) is 10.2 Å². The van der Waals surface area contributed by atoms with Crippen LogP contribution >= 0.6 is 11.6 Å². The molecule has 1 atom stereocenters. The molecule has 9 nitrogen and oxygen atoms in total. The molecule has 2 aliphatic rings. The lowest BCUT2D eigenvalue weighted by Crippen LogP contribution is -2.30. The number of hydrogen-bond donors (Lipinski definition) is 0. The molecular formula is C28H24ClN5O4. The third-order valence-corrected chi connectivity index (χ3v) is 6.93. The molecule has 0 N–H and O–H groups in total. The van der Waals surface area contributed by atoms with E-state index in [1.807, 2.05) is 32.0 Å². The summed E-state index contributed by atoms with van der Waals surface area (Å²) in [6, 6.07) is 10.7. The third kappa shape index (κ3) is 4.03. The molecule has 0 fully saturated rings. The van der Waals surface area contributed by atoms with Crippen LogP contribution in [0.3, 0.4) is 0 Å². The normalized spacial score (nSPS) is 16.8. The predicted molar refractivity (Wildman–Crippen MR) is 140 cm³/mol. The van der Waals surface area contributed by atoms with E-state index >= 15 is 0 Å². The summed E-state index contributed by atoms with van der Waals surface area (Å²) in [6.45, 7) is 4.05. The van der Waals surface area contributed by atoms with E-state index in [0.29, 0.717) is 28.3 Å². The van der Waals surface area contributed by atoms with E-state index in [1.165, 1.54) is 20.3 Å². The van der Waals surface area contributed by atoms with Crippen LogP contribution in [0.5, 0.6) is 11.9 Å². The Bertz CT molecular complexity index is 1560. The maximum atomic E-state index is 14.0. The number of fused-ring (bicyclic) bond motifs is 1. The Hall–Kier alpha value is -4.42. The molecule has 1 aliphatic heterocycles. The fourth-order valence-corrected chi connectivity index (χ4v) is 5.14. The second kappa shape index (κ2) is 9.80. The maximum Gasteiger partial charge on any atom is 0.319 e. The van der Waals surface area contributed by atoms with Crippen LogP contribution in [0, 0.1) is 11.3 Å². The van der Waals surface area contributed by atoms with Crippen LogP contribution < -0.4 is 9.47 Å². The zero-order valence-corrected chi connectivity index (χ0v) is 22.0. The first-order valence-electron chi connectivity index (χ1n) is 11.9. The molecule has 0 spiro atoms. The number of nitrogens with zero attached hydrogens (tertiary/aromatic N) is 5. The highest BCUT2D eigenvalue weighted by atomic mass is 35.5. The minimum Gasteiger partial charge on any atom is -0.480 e. The van der Waals surface area contributed by atoms with E-state index in [1.54, 1.807) is 29.3 Å². The van der Waals surface area contributed by atoms with Gasteiger partial charge in [0.25, 0.3) is 5.91 Å². The van der Waals surface area contributed by atoms with Gasteiger partial charge >= 0.3 is 6.01 Å². The number of methoxy groups -OCH3 is 2. The van der Waals surface area contributed by atoms with Crippen molar-refractivity contribution >= 4 is 23.3 Å². The van der Waals surface area contributed by atoms with Crippen LogP contribution in [0.1, 0.15) is 59.5 Å². The maximum absolute atomic E-state index is 14.0. The molecule has 1 amide bonds. The van der Waals surface area contributed by atoms with E-state index in [0.717, 1.165) is 17.0 Å². The standard InChI is InChI=1S/C28H24ClN5O4/c1-15(2)33-22(20-14-31-28(38-4)32-26(20)37-3)12-19-25(33)24(17-7-5-16(13-30)6-8-17)34(27(19)36)18-9-10-23(35)21(29)11-18/h5-9,11-12,14-15,24H,10H2,1-4H3. The van der Waals surface area contributed by atoms with Crippen LogP contribution in [0.15, 0.2) is 59.4 Å². The summed E-state index contributed by atoms with van der Waals surface area (Å²) in [5, 5.41) is 9.40. The van der Waals surface area contributed by atoms with Gasteiger partial charge in [-0.3, -0.25) is 14.5 Å². The van der Waals surface area contributed by atoms with Crippen molar-refractivity contribution in [1.82, 2.24) is 19.4 Å². The fourth-order valence-electron chi connectivity index (χ4n) is 4.95. The summed E-state index contributed by atoms with van der Waals surface area (Å²) in [4.78, 5) is 36.4. The zero-order valence-electron chi connectivity index (χ0n) is 21.2. The summed E-state index contributed by atoms with van der Waals surface area (Å²) < 4.78 is 12.8. The van der Waals surface area contributed by atoms with Crippen molar-refractivity contribution in [2.24, 2.45) is 0 Å². The van der Waals surface area contributed by atoms with Gasteiger partial charge in [0, 0.05) is 24.4 Å². The first-order valence-corrected chi connectivity index (χ1v) is 12.3. The second-order valence-electron chi connectivity index (χ2n) is 9.13. The van der Waals surface area contributed by atoms with Crippen LogP contribution in [0.25, 0.3) is 11.3 Å². The highest BCUT2D eigenvalue weighted by molar-refractivity contribution is 6.43. The summed E-state index contributed by atoms with van der Waals surface area (Å²) in [5.74, 6) is -0.114. The lowest BCUT2D eigenvalue weighted by molar-refractivity contribution is -0.114. The van der Waals surface area contributed by atoms with Gasteiger partial charge in [-0.15, -0.1) is 0 Å². The molecule has 1 aliphatic carbocycles. The first-order chi connectivity index (χ1) is 18.3. The van der Waals surface area contributed by atoms with Crippen LogP contribution in [-0.2, 0) is 4.79 Å². The number of carbonyl (C=O) groups is 2. The number of nitriles is 1. The van der Waals surface area contributed by atoms with Gasteiger partial charge in [0.05, 0.1) is 53.4 Å². The molecule has 0 saturated heterocycles. The first kappa shape index (κ1) is 25.2. The Kier molecular flexibility index (Phi) is 6.51. The minimum atomic E-state index is -0.535. The van der Waals surface area contributed by atoms with Gasteiger partial charge < -0.3 is 14.0 Å². The number of hydrogen-bond acceptors (Lipinski definition) is 7. The smallest absolute Gasteiger partial charge is 0.319 e. The molecule has 3 heterocycles. The number of halogens is 1. The van der Waals surface area contributed by atoms with Crippen molar-refractivity contribution < 1.29 is 19.1 Å². The molecule has 38 heavy (non-hydrogen) atoms. The van der Waals surface area contributed by atoms with Gasteiger partial charge in [0.15, 0.2) is 5.78 Å². The monoisotopic (exact) mass is 529 g/mol. The van der Waals surface area contributed by atoms with Crippen molar-refractivity contribution in [2.45, 2.75) is 32.4 Å². The van der Waals surface area contributed by atoms with E-state index in [4.69, 9.17) is 21.1 Å². The molecule has 1 unspecified atom stereocenters. The van der Waals surface area contributed by atoms with Crippen LogP contribution in [0.2, 0.25) is 0 Å². The second-order valence-corrected chi connectivity index (χ2v) is 9.54. The van der Waals surface area contributed by atoms with E-state index in [-0.39, 0.29) is 35.2 Å². The van der Waals surface area contributed by atoms with Gasteiger partial charge in [0.2, 0.25) is 5.88 Å². The molecular weight excluding hydrogens is 506 g/mol. The highest BCUT2D eigenvalue weighted by Gasteiger charge is 2.44. The quantitative estimate of drug-likeness (QED) is 0.444. The van der Waals surface area contributed by atoms with Crippen molar-refractivity contribution in [3.8, 4) is 29.2 Å². The summed E-state index contributed by atoms with van der Waals surface area (Å²) in [6.07, 6.45) is 4.98. The Balaban J connectivity index is 1.75. The number of aromatic nitrogens is 3. The average molecular weight is 530 g/mol. The third-order valence-electron chi connectivity index (χ3n) is 6.61. The molecule has 1 aromatic carbocycles. The number of benzene rings is 1. The lowest BCUT2D eigenvalue weighted by Gasteiger charge is -2.30. The van der Waals surface area contributed by atoms with Crippen molar-refractivity contribution in [1.29, 1.82) is 5.26 Å². The summed E-state index contributed by atoms with van der Waals surface area (Å²) in [7, 11) is 2.99. The molecule has 3 aromatic rings. The lowest BCUT2D eigenvalue weighted by atomic mass is 10.0. The van der Waals surface area contributed by atoms with E-state index in [2.05, 4.69) is 20.6 Å². The largest absolute Gasteiger partial charge is 0.480 e. The number of ketones is 1. The van der Waals surface area contributed by atoms with E-state index < -0.39 is 6.04 Å². The molecule has 2 aromatic heterocycles. The molecule has 0 radical (unpaired) electrons. The van der Waals surface area contributed by atoms with Crippen LogP contribution in [0.4, 0.5) is 0 Å². The van der Waals surface area contributed by atoms with Crippen molar-refractivity contribution in [3.63, 3.8) is 0 Å². The Labute approximate surface area is 224 Å². The number of allylic oxidation sites excluding steroid dienone is 3. The molecule has 192 valence electrons. The Morgan fingerprint density at radius 2 is 1.87 bits per heavy atom.